The summed E-state index contributed by atoms with van der Waals surface area (Å²) in [5.74, 6) is 0. The van der Waals surface area contributed by atoms with Crippen LogP contribution in [-0.4, -0.2) is 31.9 Å². The molecule has 1 N–H and O–H groups in total. The highest BCUT2D eigenvalue weighted by Gasteiger charge is 1.91. The SMILES string of the molecule is FCCOCCCc1ccccc1.OCF. The van der Waals surface area contributed by atoms with Crippen LogP contribution in [0, 0.1) is 0 Å². The molecule has 92 valence electrons. The standard InChI is InChI=1S/C11H15FO.CH3FO/c12-8-10-13-9-4-7-11-5-2-1-3-6-11;2-1-3/h1-3,5-6H,4,7-10H2;3H,1H2. The first kappa shape index (κ1) is 15.0. The van der Waals surface area contributed by atoms with Gasteiger partial charge in [-0.2, -0.15) is 0 Å². The van der Waals surface area contributed by atoms with Crippen molar-refractivity contribution >= 4 is 0 Å². The number of benzene rings is 1. The van der Waals surface area contributed by atoms with Crippen molar-refractivity contribution in [1.29, 1.82) is 0 Å². The van der Waals surface area contributed by atoms with E-state index in [2.05, 4.69) is 12.1 Å². The van der Waals surface area contributed by atoms with Crippen molar-refractivity contribution in [3.05, 3.63) is 35.9 Å². The monoisotopic (exact) mass is 232 g/mol. The van der Waals surface area contributed by atoms with Gasteiger partial charge in [-0.3, -0.25) is 0 Å². The number of halogens is 2. The predicted octanol–water partition coefficient (Wildman–Crippen LogP) is 2.51. The molecule has 0 radical (unpaired) electrons. The van der Waals surface area contributed by atoms with Crippen molar-refractivity contribution in [2.45, 2.75) is 12.8 Å². The largest absolute Gasteiger partial charge is 0.379 e. The lowest BCUT2D eigenvalue weighted by molar-refractivity contribution is 0.117. The van der Waals surface area contributed by atoms with E-state index in [-0.39, 0.29) is 13.3 Å². The Labute approximate surface area is 94.9 Å². The summed E-state index contributed by atoms with van der Waals surface area (Å²) < 4.78 is 26.5. The van der Waals surface area contributed by atoms with Crippen molar-refractivity contribution < 1.29 is 18.6 Å². The van der Waals surface area contributed by atoms with Gasteiger partial charge in [0.25, 0.3) is 0 Å². The van der Waals surface area contributed by atoms with Crippen LogP contribution >= 0.6 is 0 Å². The van der Waals surface area contributed by atoms with Gasteiger partial charge < -0.3 is 9.84 Å². The van der Waals surface area contributed by atoms with E-state index in [1.165, 1.54) is 5.56 Å². The van der Waals surface area contributed by atoms with Crippen LogP contribution in [0.3, 0.4) is 0 Å². The van der Waals surface area contributed by atoms with Crippen molar-refractivity contribution in [3.8, 4) is 0 Å². The zero-order chi connectivity index (χ0) is 12.1. The molecule has 0 saturated heterocycles. The second-order valence-corrected chi connectivity index (χ2v) is 3.01. The highest BCUT2D eigenvalue weighted by atomic mass is 19.1. The van der Waals surface area contributed by atoms with E-state index in [9.17, 15) is 8.78 Å². The molecule has 1 aromatic rings. The maximum absolute atomic E-state index is 11.6. The summed E-state index contributed by atoms with van der Waals surface area (Å²) in [4.78, 5) is 0. The van der Waals surface area contributed by atoms with Crippen LogP contribution in [0.1, 0.15) is 12.0 Å². The maximum Gasteiger partial charge on any atom is 0.185 e. The summed E-state index contributed by atoms with van der Waals surface area (Å²) >= 11 is 0. The Balaban J connectivity index is 0.000000673. The molecule has 0 aromatic heterocycles. The fourth-order valence-corrected chi connectivity index (χ4v) is 1.18. The Kier molecular flexibility index (Phi) is 11.3. The molecule has 0 amide bonds. The molecule has 0 aliphatic heterocycles. The smallest absolute Gasteiger partial charge is 0.185 e. The summed E-state index contributed by atoms with van der Waals surface area (Å²) in [5.41, 5.74) is 1.31. The number of rotatable bonds is 6. The van der Waals surface area contributed by atoms with Crippen LogP contribution in [0.4, 0.5) is 8.78 Å². The molecule has 0 bridgehead atoms. The summed E-state index contributed by atoms with van der Waals surface area (Å²) in [6, 6.07) is 10.2. The van der Waals surface area contributed by atoms with Gasteiger partial charge in [-0.25, -0.2) is 8.78 Å². The number of aliphatic hydroxyl groups excluding tert-OH is 1. The van der Waals surface area contributed by atoms with Gasteiger partial charge in [0.2, 0.25) is 0 Å². The molecule has 2 nitrogen and oxygen atoms in total. The first-order valence-corrected chi connectivity index (χ1v) is 5.19. The Morgan fingerprint density at radius 1 is 1.06 bits per heavy atom. The second-order valence-electron chi connectivity index (χ2n) is 3.01. The van der Waals surface area contributed by atoms with Gasteiger partial charge in [0.15, 0.2) is 6.86 Å². The fourth-order valence-electron chi connectivity index (χ4n) is 1.18. The normalized spacial score (nSPS) is 9.44. The molecular weight excluding hydrogens is 214 g/mol. The predicted molar refractivity (Wildman–Crippen MR) is 59.8 cm³/mol. The molecule has 0 spiro atoms. The number of hydrogen-bond acceptors (Lipinski definition) is 2. The van der Waals surface area contributed by atoms with E-state index >= 15 is 0 Å². The summed E-state index contributed by atoms with van der Waals surface area (Å²) in [5, 5.41) is 6.90. The molecule has 0 aliphatic rings. The number of aryl methyl sites for hydroxylation is 1. The highest BCUT2D eigenvalue weighted by molar-refractivity contribution is 5.14. The van der Waals surface area contributed by atoms with E-state index in [0.29, 0.717) is 6.61 Å². The van der Waals surface area contributed by atoms with Crippen LogP contribution in [0.25, 0.3) is 0 Å². The minimum Gasteiger partial charge on any atom is -0.379 e. The van der Waals surface area contributed by atoms with E-state index in [1.54, 1.807) is 0 Å². The van der Waals surface area contributed by atoms with Crippen LogP contribution < -0.4 is 0 Å². The van der Waals surface area contributed by atoms with Crippen LogP contribution in [0.2, 0.25) is 0 Å². The fraction of sp³-hybridized carbons (Fsp3) is 0.500. The molecule has 0 heterocycles. The van der Waals surface area contributed by atoms with Gasteiger partial charge >= 0.3 is 0 Å². The van der Waals surface area contributed by atoms with Gasteiger partial charge in [0.05, 0.1) is 6.61 Å². The van der Waals surface area contributed by atoms with Crippen molar-refractivity contribution in [3.63, 3.8) is 0 Å². The Morgan fingerprint density at radius 2 is 1.69 bits per heavy atom. The first-order chi connectivity index (χ1) is 7.85. The molecule has 1 aromatic carbocycles. The molecule has 4 heteroatoms. The lowest BCUT2D eigenvalue weighted by Gasteiger charge is -2.01. The second kappa shape index (κ2) is 12.1. The zero-order valence-corrected chi connectivity index (χ0v) is 9.24. The first-order valence-electron chi connectivity index (χ1n) is 5.19. The third-order valence-corrected chi connectivity index (χ3v) is 1.82. The molecular formula is C12H18F2O2. The summed E-state index contributed by atoms with van der Waals surface area (Å²) in [6.07, 6.45) is 1.97. The molecule has 0 unspecified atom stereocenters. The zero-order valence-electron chi connectivity index (χ0n) is 9.24. The Bertz CT molecular complexity index is 230. The molecule has 16 heavy (non-hydrogen) atoms. The van der Waals surface area contributed by atoms with Crippen LogP contribution in [0.5, 0.6) is 0 Å². The Hall–Kier alpha value is -1.00. The van der Waals surface area contributed by atoms with E-state index in [1.807, 2.05) is 18.2 Å². The number of hydrogen-bond donors (Lipinski definition) is 1. The lowest BCUT2D eigenvalue weighted by Crippen LogP contribution is -1.99. The van der Waals surface area contributed by atoms with Gasteiger partial charge in [-0.05, 0) is 18.4 Å². The minimum atomic E-state index is -1.25. The quantitative estimate of drug-likeness (QED) is 0.764. The number of aliphatic hydroxyl groups is 1. The van der Waals surface area contributed by atoms with Crippen molar-refractivity contribution in [1.82, 2.24) is 0 Å². The number of ether oxygens (including phenoxy) is 1. The van der Waals surface area contributed by atoms with Crippen LogP contribution in [0.15, 0.2) is 30.3 Å². The van der Waals surface area contributed by atoms with Gasteiger partial charge in [-0.15, -0.1) is 0 Å². The highest BCUT2D eigenvalue weighted by Crippen LogP contribution is 2.01. The minimum absolute atomic E-state index is 0.231. The van der Waals surface area contributed by atoms with Crippen LogP contribution in [-0.2, 0) is 11.2 Å². The number of alkyl halides is 2. The van der Waals surface area contributed by atoms with E-state index in [0.717, 1.165) is 12.8 Å². The Morgan fingerprint density at radius 3 is 2.25 bits per heavy atom. The van der Waals surface area contributed by atoms with Gasteiger partial charge in [0, 0.05) is 6.61 Å². The molecule has 1 rings (SSSR count). The molecule has 0 saturated carbocycles. The van der Waals surface area contributed by atoms with Gasteiger partial charge in [0.1, 0.15) is 6.67 Å². The third kappa shape index (κ3) is 9.55. The van der Waals surface area contributed by atoms with Gasteiger partial charge in [-0.1, -0.05) is 30.3 Å². The van der Waals surface area contributed by atoms with Crippen molar-refractivity contribution in [2.24, 2.45) is 0 Å². The average molecular weight is 232 g/mol. The molecule has 0 fully saturated rings. The lowest BCUT2D eigenvalue weighted by atomic mass is 10.1. The summed E-state index contributed by atoms with van der Waals surface area (Å²) in [7, 11) is 0. The maximum atomic E-state index is 11.6. The third-order valence-electron chi connectivity index (χ3n) is 1.82. The molecule has 0 atom stereocenters. The van der Waals surface area contributed by atoms with Crippen molar-refractivity contribution in [2.75, 3.05) is 26.7 Å². The average Bonchev–Trinajstić information content (AvgIpc) is 2.31. The topological polar surface area (TPSA) is 29.5 Å². The molecule has 0 aliphatic carbocycles. The van der Waals surface area contributed by atoms with E-state index in [4.69, 9.17) is 9.84 Å². The summed E-state index contributed by atoms with van der Waals surface area (Å²) in [6.45, 7) is -0.751. The van der Waals surface area contributed by atoms with E-state index < -0.39 is 6.86 Å².